The Labute approximate surface area is 114 Å². The third-order valence-corrected chi connectivity index (χ3v) is 2.85. The van der Waals surface area contributed by atoms with Crippen LogP contribution in [-0.4, -0.2) is 6.04 Å². The van der Waals surface area contributed by atoms with Gasteiger partial charge in [-0.1, -0.05) is 12.1 Å². The monoisotopic (exact) mass is 283 g/mol. The number of halogens is 4. The molecule has 0 saturated heterocycles. The molecule has 20 heavy (non-hydrogen) atoms. The lowest BCUT2D eigenvalue weighted by atomic mass is 10.1. The highest BCUT2D eigenvalue weighted by molar-refractivity contribution is 5.45. The van der Waals surface area contributed by atoms with E-state index in [1.165, 1.54) is 12.1 Å². The molecule has 0 heterocycles. The molecule has 0 spiro atoms. The fraction of sp³-hybridized carbons (Fsp3) is 0.200. The van der Waals surface area contributed by atoms with Gasteiger partial charge in [-0.25, -0.2) is 17.6 Å². The molecule has 0 aliphatic carbocycles. The predicted molar refractivity (Wildman–Crippen MR) is 69.5 cm³/mol. The van der Waals surface area contributed by atoms with Crippen molar-refractivity contribution in [1.82, 2.24) is 0 Å². The molecule has 1 unspecified atom stereocenters. The van der Waals surface area contributed by atoms with Crippen LogP contribution in [0, 0.1) is 23.3 Å². The summed E-state index contributed by atoms with van der Waals surface area (Å²) in [4.78, 5) is 0. The number of anilines is 1. The molecule has 0 aromatic heterocycles. The van der Waals surface area contributed by atoms with Gasteiger partial charge in [0.15, 0.2) is 17.5 Å². The quantitative estimate of drug-likeness (QED) is 0.652. The van der Waals surface area contributed by atoms with E-state index >= 15 is 0 Å². The second kappa shape index (κ2) is 5.94. The molecule has 2 aromatic carbocycles. The van der Waals surface area contributed by atoms with E-state index in [-0.39, 0.29) is 17.5 Å². The second-order valence-corrected chi connectivity index (χ2v) is 4.63. The Morgan fingerprint density at radius 1 is 0.950 bits per heavy atom. The fourth-order valence-corrected chi connectivity index (χ4v) is 1.95. The highest BCUT2D eigenvalue weighted by Gasteiger charge is 2.12. The van der Waals surface area contributed by atoms with Crippen molar-refractivity contribution in [2.75, 3.05) is 5.32 Å². The van der Waals surface area contributed by atoms with Gasteiger partial charge >= 0.3 is 0 Å². The van der Waals surface area contributed by atoms with Crippen LogP contribution in [0.5, 0.6) is 0 Å². The zero-order valence-corrected chi connectivity index (χ0v) is 10.8. The minimum Gasteiger partial charge on any atom is -0.382 e. The summed E-state index contributed by atoms with van der Waals surface area (Å²) in [6.07, 6.45) is 0.543. The van der Waals surface area contributed by atoms with Crippen molar-refractivity contribution in [3.05, 3.63) is 65.2 Å². The summed E-state index contributed by atoms with van der Waals surface area (Å²) in [5.74, 6) is -4.28. The number of rotatable bonds is 4. The van der Waals surface area contributed by atoms with Crippen LogP contribution in [-0.2, 0) is 6.42 Å². The van der Waals surface area contributed by atoms with Crippen LogP contribution in [0.4, 0.5) is 23.2 Å². The van der Waals surface area contributed by atoms with Crippen LogP contribution >= 0.6 is 0 Å². The zero-order valence-electron chi connectivity index (χ0n) is 10.8. The summed E-state index contributed by atoms with van der Waals surface area (Å²) < 4.78 is 51.7. The van der Waals surface area contributed by atoms with Gasteiger partial charge in [-0.3, -0.25) is 0 Å². The smallest absolute Gasteiger partial charge is 0.194 e. The molecule has 5 heteroatoms. The molecule has 2 aromatic rings. The lowest BCUT2D eigenvalue weighted by molar-refractivity contribution is 0.447. The van der Waals surface area contributed by atoms with E-state index in [1.807, 2.05) is 6.92 Å². The standard InChI is InChI=1S/C15H13F4N/c1-9(6-10-2-4-11(16)5-3-10)20-12-7-13(17)15(19)14(18)8-12/h2-5,7-9,20H,6H2,1H3. The van der Waals surface area contributed by atoms with E-state index in [0.29, 0.717) is 6.42 Å². The summed E-state index contributed by atoms with van der Waals surface area (Å²) in [6.45, 7) is 1.81. The van der Waals surface area contributed by atoms with Crippen LogP contribution in [0.2, 0.25) is 0 Å². The maximum atomic E-state index is 13.1. The Kier molecular flexibility index (Phi) is 4.27. The molecule has 1 nitrogen and oxygen atoms in total. The van der Waals surface area contributed by atoms with Crippen molar-refractivity contribution < 1.29 is 17.6 Å². The lowest BCUT2D eigenvalue weighted by Gasteiger charge is -2.15. The van der Waals surface area contributed by atoms with E-state index < -0.39 is 17.5 Å². The fourth-order valence-electron chi connectivity index (χ4n) is 1.95. The highest BCUT2D eigenvalue weighted by atomic mass is 19.2. The van der Waals surface area contributed by atoms with Gasteiger partial charge in [0.05, 0.1) is 0 Å². The van der Waals surface area contributed by atoms with Crippen LogP contribution in [0.3, 0.4) is 0 Å². The Bertz CT molecular complexity index is 572. The first-order valence-electron chi connectivity index (χ1n) is 6.11. The lowest BCUT2D eigenvalue weighted by Crippen LogP contribution is -2.18. The third-order valence-electron chi connectivity index (χ3n) is 2.85. The van der Waals surface area contributed by atoms with Gasteiger partial charge in [0.1, 0.15) is 5.82 Å². The summed E-state index contributed by atoms with van der Waals surface area (Å²) in [6, 6.07) is 7.63. The third kappa shape index (κ3) is 3.50. The van der Waals surface area contributed by atoms with Crippen LogP contribution in [0.25, 0.3) is 0 Å². The first-order chi connectivity index (χ1) is 9.45. The molecule has 106 valence electrons. The maximum Gasteiger partial charge on any atom is 0.194 e. The van der Waals surface area contributed by atoms with Crippen molar-refractivity contribution in [3.8, 4) is 0 Å². The summed E-state index contributed by atoms with van der Waals surface area (Å²) in [7, 11) is 0. The Balaban J connectivity index is 2.04. The molecule has 0 aliphatic rings. The predicted octanol–water partition coefficient (Wildman–Crippen LogP) is 4.29. The first-order valence-corrected chi connectivity index (χ1v) is 6.11. The van der Waals surface area contributed by atoms with Crippen LogP contribution in [0.15, 0.2) is 36.4 Å². The molecule has 0 amide bonds. The van der Waals surface area contributed by atoms with Gasteiger partial charge in [0.25, 0.3) is 0 Å². The van der Waals surface area contributed by atoms with E-state index in [2.05, 4.69) is 5.32 Å². The van der Waals surface area contributed by atoms with E-state index in [9.17, 15) is 17.6 Å². The molecule has 1 N–H and O–H groups in total. The molecular formula is C15H13F4N. The molecule has 0 saturated carbocycles. The van der Waals surface area contributed by atoms with Crippen molar-refractivity contribution in [2.45, 2.75) is 19.4 Å². The molecule has 2 rings (SSSR count). The minimum atomic E-state index is -1.48. The highest BCUT2D eigenvalue weighted by Crippen LogP contribution is 2.19. The molecule has 0 aliphatic heterocycles. The Morgan fingerprint density at radius 3 is 2.05 bits per heavy atom. The van der Waals surface area contributed by atoms with E-state index in [4.69, 9.17) is 0 Å². The van der Waals surface area contributed by atoms with Gasteiger partial charge < -0.3 is 5.32 Å². The second-order valence-electron chi connectivity index (χ2n) is 4.63. The Morgan fingerprint density at radius 2 is 1.50 bits per heavy atom. The largest absolute Gasteiger partial charge is 0.382 e. The Hall–Kier alpha value is -2.04. The molecular weight excluding hydrogens is 270 g/mol. The van der Waals surface area contributed by atoms with Crippen molar-refractivity contribution >= 4 is 5.69 Å². The number of hydrogen-bond acceptors (Lipinski definition) is 1. The average Bonchev–Trinajstić information content (AvgIpc) is 2.38. The van der Waals surface area contributed by atoms with Gasteiger partial charge in [-0.15, -0.1) is 0 Å². The topological polar surface area (TPSA) is 12.0 Å². The van der Waals surface area contributed by atoms with E-state index in [1.54, 1.807) is 12.1 Å². The van der Waals surface area contributed by atoms with Crippen molar-refractivity contribution in [3.63, 3.8) is 0 Å². The average molecular weight is 283 g/mol. The molecule has 0 fully saturated rings. The zero-order chi connectivity index (χ0) is 14.7. The minimum absolute atomic E-state index is 0.148. The van der Waals surface area contributed by atoms with Gasteiger partial charge in [-0.2, -0.15) is 0 Å². The normalized spacial score (nSPS) is 12.2. The maximum absolute atomic E-state index is 13.1. The SMILES string of the molecule is CC(Cc1ccc(F)cc1)Nc1cc(F)c(F)c(F)c1. The van der Waals surface area contributed by atoms with Gasteiger partial charge in [0, 0.05) is 23.9 Å². The summed E-state index contributed by atoms with van der Waals surface area (Å²) >= 11 is 0. The van der Waals surface area contributed by atoms with E-state index in [0.717, 1.165) is 17.7 Å². The van der Waals surface area contributed by atoms with Gasteiger partial charge in [0.2, 0.25) is 0 Å². The molecule has 0 radical (unpaired) electrons. The van der Waals surface area contributed by atoms with Crippen molar-refractivity contribution in [2.24, 2.45) is 0 Å². The van der Waals surface area contributed by atoms with Crippen LogP contribution in [0.1, 0.15) is 12.5 Å². The molecule has 0 bridgehead atoms. The first kappa shape index (κ1) is 14.4. The number of benzene rings is 2. The number of hydrogen-bond donors (Lipinski definition) is 1. The summed E-state index contributed by atoms with van der Waals surface area (Å²) in [5.41, 5.74) is 1.05. The molecule has 1 atom stereocenters. The van der Waals surface area contributed by atoms with Gasteiger partial charge in [-0.05, 0) is 31.0 Å². The summed E-state index contributed by atoms with van der Waals surface area (Å²) in [5, 5.41) is 2.87. The van der Waals surface area contributed by atoms with Crippen LogP contribution < -0.4 is 5.32 Å². The number of nitrogens with one attached hydrogen (secondary N) is 1. The van der Waals surface area contributed by atoms with Crippen molar-refractivity contribution in [1.29, 1.82) is 0 Å².